The molecule has 100 valence electrons. The predicted octanol–water partition coefficient (Wildman–Crippen LogP) is 2.57. The molecule has 1 atom stereocenters. The van der Waals surface area contributed by atoms with E-state index in [1.54, 1.807) is 0 Å². The van der Waals surface area contributed by atoms with Crippen LogP contribution in [0.2, 0.25) is 0 Å². The van der Waals surface area contributed by atoms with Gasteiger partial charge in [0.2, 0.25) is 5.88 Å². The third kappa shape index (κ3) is 2.71. The lowest BCUT2D eigenvalue weighted by atomic mass is 10.0. The van der Waals surface area contributed by atoms with Crippen molar-refractivity contribution in [2.45, 2.75) is 6.04 Å². The largest absolute Gasteiger partial charge is 0.481 e. The first-order valence-corrected chi connectivity index (χ1v) is 6.08. The Morgan fingerprint density at radius 3 is 2.74 bits per heavy atom. The Bertz CT molecular complexity index is 610. The van der Waals surface area contributed by atoms with Crippen LogP contribution < -0.4 is 10.5 Å². The van der Waals surface area contributed by atoms with E-state index in [9.17, 15) is 8.78 Å². The summed E-state index contributed by atoms with van der Waals surface area (Å²) in [6.07, 6.45) is 1.22. The summed E-state index contributed by atoms with van der Waals surface area (Å²) in [5.41, 5.74) is 5.88. The first-order chi connectivity index (χ1) is 9.04. The Labute approximate surface area is 116 Å². The molecule has 0 saturated carbocycles. The van der Waals surface area contributed by atoms with Crippen molar-refractivity contribution in [3.63, 3.8) is 0 Å². The summed E-state index contributed by atoms with van der Waals surface area (Å²) < 4.78 is 32.7. The zero-order chi connectivity index (χ0) is 14.0. The average Bonchev–Trinajstić information content (AvgIpc) is 2.43. The Morgan fingerprint density at radius 2 is 2.05 bits per heavy atom. The van der Waals surface area contributed by atoms with Crippen molar-refractivity contribution in [1.29, 1.82) is 0 Å². The zero-order valence-electron chi connectivity index (χ0n) is 9.90. The molecule has 0 aliphatic carbocycles. The molecule has 0 fully saturated rings. The van der Waals surface area contributed by atoms with Crippen molar-refractivity contribution < 1.29 is 13.5 Å². The van der Waals surface area contributed by atoms with Gasteiger partial charge >= 0.3 is 0 Å². The van der Waals surface area contributed by atoms with E-state index in [0.717, 1.165) is 6.07 Å². The lowest BCUT2D eigenvalue weighted by molar-refractivity contribution is 0.395. The van der Waals surface area contributed by atoms with Crippen LogP contribution in [-0.4, -0.2) is 17.1 Å². The molecule has 2 N–H and O–H groups in total. The highest BCUT2D eigenvalue weighted by molar-refractivity contribution is 9.10. The van der Waals surface area contributed by atoms with Crippen molar-refractivity contribution in [1.82, 2.24) is 9.97 Å². The fraction of sp³-hybridized carbons (Fsp3) is 0.167. The maximum Gasteiger partial charge on any atom is 0.216 e. The topological polar surface area (TPSA) is 61.0 Å². The molecular formula is C12H10BrF2N3O. The van der Waals surface area contributed by atoms with Gasteiger partial charge in [-0.25, -0.2) is 18.7 Å². The molecule has 2 aromatic rings. The maximum absolute atomic E-state index is 13.9. The summed E-state index contributed by atoms with van der Waals surface area (Å²) in [6.45, 7) is 0. The Hall–Kier alpha value is -1.60. The van der Waals surface area contributed by atoms with Crippen LogP contribution >= 0.6 is 15.9 Å². The third-order valence-corrected chi connectivity index (χ3v) is 3.19. The van der Waals surface area contributed by atoms with E-state index in [1.807, 2.05) is 0 Å². The van der Waals surface area contributed by atoms with Gasteiger partial charge in [-0.3, -0.25) is 0 Å². The molecule has 1 aromatic heterocycles. The second kappa shape index (κ2) is 5.58. The number of benzene rings is 1. The van der Waals surface area contributed by atoms with Gasteiger partial charge in [0.1, 0.15) is 18.0 Å². The number of methoxy groups -OCH3 is 1. The lowest BCUT2D eigenvalue weighted by Crippen LogP contribution is -2.17. The first-order valence-electron chi connectivity index (χ1n) is 5.29. The standard InChI is InChI=1S/C12H10BrF2N3O/c1-19-9-4-8(17-5-18-9)12(16)10-7(14)3-2-6(13)11(10)15/h2-5,12H,16H2,1H3. The van der Waals surface area contributed by atoms with Gasteiger partial charge in [0.05, 0.1) is 23.3 Å². The van der Waals surface area contributed by atoms with E-state index in [4.69, 9.17) is 10.5 Å². The van der Waals surface area contributed by atoms with Crippen LogP contribution in [0.4, 0.5) is 8.78 Å². The molecule has 4 nitrogen and oxygen atoms in total. The van der Waals surface area contributed by atoms with E-state index >= 15 is 0 Å². The predicted molar refractivity (Wildman–Crippen MR) is 68.7 cm³/mol. The summed E-state index contributed by atoms with van der Waals surface area (Å²) in [6, 6.07) is 2.81. The molecule has 0 aliphatic rings. The van der Waals surface area contributed by atoms with Gasteiger partial charge in [-0.15, -0.1) is 0 Å². The van der Waals surface area contributed by atoms with Crippen molar-refractivity contribution in [2.75, 3.05) is 7.11 Å². The number of rotatable bonds is 3. The highest BCUT2D eigenvalue weighted by Gasteiger charge is 2.22. The molecule has 19 heavy (non-hydrogen) atoms. The van der Waals surface area contributed by atoms with E-state index in [0.29, 0.717) is 0 Å². The molecule has 0 radical (unpaired) electrons. The lowest BCUT2D eigenvalue weighted by Gasteiger charge is -2.14. The number of nitrogens with two attached hydrogens (primary N) is 1. The maximum atomic E-state index is 13.9. The van der Waals surface area contributed by atoms with Crippen LogP contribution in [0, 0.1) is 11.6 Å². The van der Waals surface area contributed by atoms with Crippen LogP contribution in [0.25, 0.3) is 0 Å². The minimum Gasteiger partial charge on any atom is -0.481 e. The fourth-order valence-electron chi connectivity index (χ4n) is 1.61. The number of aromatic nitrogens is 2. The zero-order valence-corrected chi connectivity index (χ0v) is 11.5. The van der Waals surface area contributed by atoms with Crippen LogP contribution in [0.15, 0.2) is 29.0 Å². The van der Waals surface area contributed by atoms with Gasteiger partial charge in [0.15, 0.2) is 0 Å². The van der Waals surface area contributed by atoms with Gasteiger partial charge < -0.3 is 10.5 Å². The SMILES string of the molecule is COc1cc(C(N)c2c(F)ccc(Br)c2F)ncn1. The number of nitrogens with zero attached hydrogens (tertiary/aromatic N) is 2. The molecule has 0 amide bonds. The molecule has 0 aliphatic heterocycles. The Kier molecular flexibility index (Phi) is 4.06. The van der Waals surface area contributed by atoms with Crippen LogP contribution in [0.1, 0.15) is 17.3 Å². The molecule has 2 rings (SSSR count). The Morgan fingerprint density at radius 1 is 1.32 bits per heavy atom. The minimum absolute atomic E-state index is 0.139. The highest BCUT2D eigenvalue weighted by atomic mass is 79.9. The number of ether oxygens (including phenoxy) is 1. The minimum atomic E-state index is -1.05. The molecule has 7 heteroatoms. The van der Waals surface area contributed by atoms with Gasteiger partial charge in [0.25, 0.3) is 0 Å². The molecule has 1 unspecified atom stereocenters. The fourth-order valence-corrected chi connectivity index (χ4v) is 1.96. The second-order valence-electron chi connectivity index (χ2n) is 3.72. The molecule has 0 saturated heterocycles. The highest BCUT2D eigenvalue weighted by Crippen LogP contribution is 2.29. The van der Waals surface area contributed by atoms with Crippen LogP contribution in [-0.2, 0) is 0 Å². The van der Waals surface area contributed by atoms with Crippen LogP contribution in [0.3, 0.4) is 0 Å². The summed E-state index contributed by atoms with van der Waals surface area (Å²) >= 11 is 2.99. The second-order valence-corrected chi connectivity index (χ2v) is 4.57. The normalized spacial score (nSPS) is 12.3. The van der Waals surface area contributed by atoms with Crippen molar-refractivity contribution >= 4 is 15.9 Å². The van der Waals surface area contributed by atoms with Crippen molar-refractivity contribution in [3.05, 3.63) is 51.9 Å². The monoisotopic (exact) mass is 329 g/mol. The molecule has 1 heterocycles. The summed E-state index contributed by atoms with van der Waals surface area (Å²) in [4.78, 5) is 7.72. The van der Waals surface area contributed by atoms with Gasteiger partial charge in [-0.1, -0.05) is 0 Å². The molecule has 1 aromatic carbocycles. The van der Waals surface area contributed by atoms with Gasteiger partial charge in [-0.05, 0) is 28.1 Å². The van der Waals surface area contributed by atoms with E-state index < -0.39 is 17.7 Å². The number of hydrogen-bond donors (Lipinski definition) is 1. The third-order valence-electron chi connectivity index (χ3n) is 2.58. The number of hydrogen-bond acceptors (Lipinski definition) is 4. The quantitative estimate of drug-likeness (QED) is 0.879. The van der Waals surface area contributed by atoms with E-state index in [-0.39, 0.29) is 21.6 Å². The molecule has 0 spiro atoms. The number of halogens is 3. The summed E-state index contributed by atoms with van der Waals surface area (Å²) in [5.74, 6) is -1.20. The molecular weight excluding hydrogens is 320 g/mol. The van der Waals surface area contributed by atoms with Gasteiger partial charge in [0, 0.05) is 11.6 Å². The van der Waals surface area contributed by atoms with Crippen molar-refractivity contribution in [3.8, 4) is 5.88 Å². The van der Waals surface area contributed by atoms with E-state index in [2.05, 4.69) is 25.9 Å². The van der Waals surface area contributed by atoms with Crippen molar-refractivity contribution in [2.24, 2.45) is 5.73 Å². The smallest absolute Gasteiger partial charge is 0.216 e. The summed E-state index contributed by atoms with van der Waals surface area (Å²) in [7, 11) is 1.43. The van der Waals surface area contributed by atoms with Gasteiger partial charge in [-0.2, -0.15) is 0 Å². The Balaban J connectivity index is 2.49. The molecule has 0 bridgehead atoms. The first kappa shape index (κ1) is 13.8. The van der Waals surface area contributed by atoms with Crippen LogP contribution in [0.5, 0.6) is 5.88 Å². The van der Waals surface area contributed by atoms with E-state index in [1.165, 1.54) is 25.6 Å². The summed E-state index contributed by atoms with van der Waals surface area (Å²) in [5, 5.41) is 0. The average molecular weight is 330 g/mol.